The Bertz CT molecular complexity index is 558. The van der Waals surface area contributed by atoms with E-state index in [0.29, 0.717) is 11.8 Å². The number of carbonyl (C=O) groups excluding carboxylic acids is 1. The predicted octanol–water partition coefficient (Wildman–Crippen LogP) is 3.11. The Balaban J connectivity index is 2.27. The van der Waals surface area contributed by atoms with Gasteiger partial charge in [0.05, 0.1) is 5.92 Å². The molecule has 2 rings (SSSR count). The van der Waals surface area contributed by atoms with Crippen LogP contribution in [0.25, 0.3) is 11.1 Å². The van der Waals surface area contributed by atoms with Gasteiger partial charge in [-0.15, -0.1) is 0 Å². The van der Waals surface area contributed by atoms with Crippen molar-refractivity contribution in [3.05, 3.63) is 60.2 Å². The number of hydrogen-bond acceptors (Lipinski definition) is 2. The molecular weight excluding hydrogens is 240 g/mol. The molecule has 0 aliphatic rings. The molecule has 0 amide bonds. The molecule has 0 saturated heterocycles. The fraction of sp³-hybridized carbons (Fsp3) is 0.125. The number of benzene rings is 2. The van der Waals surface area contributed by atoms with Crippen LogP contribution < -0.4 is 0 Å². The Morgan fingerprint density at radius 2 is 1.58 bits per heavy atom. The zero-order valence-electron chi connectivity index (χ0n) is 10.3. The molecule has 2 aromatic rings. The lowest BCUT2D eigenvalue weighted by Gasteiger charge is -2.10. The Hall–Kier alpha value is -2.42. The van der Waals surface area contributed by atoms with Crippen molar-refractivity contribution < 1.29 is 14.7 Å². The summed E-state index contributed by atoms with van der Waals surface area (Å²) in [6.07, 6.45) is 0.643. The first-order valence-corrected chi connectivity index (χ1v) is 6.04. The molecule has 0 heterocycles. The fourth-order valence-corrected chi connectivity index (χ4v) is 2.01. The molecule has 0 aliphatic carbocycles. The van der Waals surface area contributed by atoms with E-state index in [1.807, 2.05) is 42.5 Å². The van der Waals surface area contributed by atoms with Crippen LogP contribution in [-0.2, 0) is 9.59 Å². The van der Waals surface area contributed by atoms with Gasteiger partial charge in [-0.3, -0.25) is 4.79 Å². The molecule has 0 aromatic heterocycles. The first-order valence-electron chi connectivity index (χ1n) is 6.04. The highest BCUT2D eigenvalue weighted by Crippen LogP contribution is 2.24. The maximum atomic E-state index is 11.1. The minimum absolute atomic E-state index is 0.0000168. The van der Waals surface area contributed by atoms with Crippen LogP contribution in [0, 0.1) is 0 Å². The summed E-state index contributed by atoms with van der Waals surface area (Å²) in [5.74, 6) is -1.73. The van der Waals surface area contributed by atoms with Crippen molar-refractivity contribution in [3.8, 4) is 11.1 Å². The SMILES string of the molecule is O=CCC(C(=O)O)c1ccc(-c2ccccc2)cc1. The molecular formula is C16H14O3. The molecule has 0 aliphatic heterocycles. The summed E-state index contributed by atoms with van der Waals surface area (Å²) in [7, 11) is 0. The lowest BCUT2D eigenvalue weighted by Crippen LogP contribution is -2.11. The molecule has 3 heteroatoms. The summed E-state index contributed by atoms with van der Waals surface area (Å²) >= 11 is 0. The van der Waals surface area contributed by atoms with Gasteiger partial charge in [-0.2, -0.15) is 0 Å². The molecule has 0 saturated carbocycles. The average Bonchev–Trinajstić information content (AvgIpc) is 2.46. The van der Waals surface area contributed by atoms with Gasteiger partial charge < -0.3 is 9.90 Å². The highest BCUT2D eigenvalue weighted by Gasteiger charge is 2.18. The molecule has 2 aromatic carbocycles. The lowest BCUT2D eigenvalue weighted by atomic mass is 9.94. The normalized spacial score (nSPS) is 11.8. The highest BCUT2D eigenvalue weighted by molar-refractivity contribution is 5.79. The second-order valence-electron chi connectivity index (χ2n) is 4.28. The van der Waals surface area contributed by atoms with E-state index in [1.165, 1.54) is 0 Å². The predicted molar refractivity (Wildman–Crippen MR) is 72.9 cm³/mol. The van der Waals surface area contributed by atoms with Crippen LogP contribution in [-0.4, -0.2) is 17.4 Å². The topological polar surface area (TPSA) is 54.4 Å². The van der Waals surface area contributed by atoms with Gasteiger partial charge in [-0.1, -0.05) is 54.6 Å². The van der Waals surface area contributed by atoms with E-state index >= 15 is 0 Å². The highest BCUT2D eigenvalue weighted by atomic mass is 16.4. The summed E-state index contributed by atoms with van der Waals surface area (Å²) in [4.78, 5) is 21.6. The summed E-state index contributed by atoms with van der Waals surface area (Å²) in [5, 5.41) is 9.09. The molecule has 0 fully saturated rings. The quantitative estimate of drug-likeness (QED) is 0.834. The molecule has 19 heavy (non-hydrogen) atoms. The Kier molecular flexibility index (Phi) is 4.08. The van der Waals surface area contributed by atoms with E-state index in [1.54, 1.807) is 12.1 Å². The van der Waals surface area contributed by atoms with Crippen molar-refractivity contribution in [2.45, 2.75) is 12.3 Å². The molecule has 0 radical (unpaired) electrons. The van der Waals surface area contributed by atoms with Crippen molar-refractivity contribution in [2.24, 2.45) is 0 Å². The number of rotatable bonds is 5. The minimum atomic E-state index is -0.973. The van der Waals surface area contributed by atoms with Crippen molar-refractivity contribution >= 4 is 12.3 Å². The lowest BCUT2D eigenvalue weighted by molar-refractivity contribution is -0.139. The maximum absolute atomic E-state index is 11.1. The van der Waals surface area contributed by atoms with E-state index < -0.39 is 11.9 Å². The first-order chi connectivity index (χ1) is 9.22. The van der Waals surface area contributed by atoms with Gasteiger partial charge >= 0.3 is 5.97 Å². The molecule has 3 nitrogen and oxygen atoms in total. The molecule has 0 bridgehead atoms. The van der Waals surface area contributed by atoms with Gasteiger partial charge in [0.1, 0.15) is 6.29 Å². The molecule has 96 valence electrons. The summed E-state index contributed by atoms with van der Waals surface area (Å²) in [6.45, 7) is 0. The Morgan fingerprint density at radius 1 is 1.00 bits per heavy atom. The summed E-state index contributed by atoms with van der Waals surface area (Å²) < 4.78 is 0. The van der Waals surface area contributed by atoms with E-state index in [-0.39, 0.29) is 6.42 Å². The number of aliphatic carboxylic acids is 1. The van der Waals surface area contributed by atoms with Gasteiger partial charge in [-0.05, 0) is 16.7 Å². The number of hydrogen-bond donors (Lipinski definition) is 1. The first kappa shape index (κ1) is 13.0. The minimum Gasteiger partial charge on any atom is -0.481 e. The third-order valence-electron chi connectivity index (χ3n) is 3.05. The zero-order chi connectivity index (χ0) is 13.7. The van der Waals surface area contributed by atoms with E-state index in [2.05, 4.69) is 0 Å². The van der Waals surface area contributed by atoms with Crippen LogP contribution in [0.3, 0.4) is 0 Å². The van der Waals surface area contributed by atoms with Crippen molar-refractivity contribution in [3.63, 3.8) is 0 Å². The molecule has 1 atom stereocenters. The number of aldehydes is 1. The van der Waals surface area contributed by atoms with Crippen molar-refractivity contribution in [1.29, 1.82) is 0 Å². The van der Waals surface area contributed by atoms with Gasteiger partial charge in [0.15, 0.2) is 0 Å². The summed E-state index contributed by atoms with van der Waals surface area (Å²) in [6, 6.07) is 17.1. The molecule has 1 unspecified atom stereocenters. The fourth-order valence-electron chi connectivity index (χ4n) is 2.01. The van der Waals surface area contributed by atoms with Gasteiger partial charge in [-0.25, -0.2) is 0 Å². The second-order valence-corrected chi connectivity index (χ2v) is 4.28. The Labute approximate surface area is 111 Å². The standard InChI is InChI=1S/C16H14O3/c17-11-10-15(16(18)19)14-8-6-13(7-9-14)12-4-2-1-3-5-12/h1-9,11,15H,10H2,(H,18,19). The maximum Gasteiger partial charge on any atom is 0.311 e. The van der Waals surface area contributed by atoms with E-state index in [4.69, 9.17) is 5.11 Å². The van der Waals surface area contributed by atoms with E-state index in [9.17, 15) is 9.59 Å². The van der Waals surface area contributed by atoms with Gasteiger partial charge in [0.25, 0.3) is 0 Å². The van der Waals surface area contributed by atoms with Crippen LogP contribution >= 0.6 is 0 Å². The van der Waals surface area contributed by atoms with Gasteiger partial charge in [0.2, 0.25) is 0 Å². The van der Waals surface area contributed by atoms with Crippen LogP contribution in [0.1, 0.15) is 17.9 Å². The third kappa shape index (κ3) is 3.07. The number of carboxylic acids is 1. The number of carbonyl (C=O) groups is 2. The average molecular weight is 254 g/mol. The smallest absolute Gasteiger partial charge is 0.311 e. The van der Waals surface area contributed by atoms with Crippen LogP contribution in [0.5, 0.6) is 0 Å². The van der Waals surface area contributed by atoms with Crippen LogP contribution in [0.15, 0.2) is 54.6 Å². The Morgan fingerprint density at radius 3 is 2.11 bits per heavy atom. The monoisotopic (exact) mass is 254 g/mol. The van der Waals surface area contributed by atoms with Crippen LogP contribution in [0.2, 0.25) is 0 Å². The number of carboxylic acid groups (broad SMARTS) is 1. The third-order valence-corrected chi connectivity index (χ3v) is 3.05. The molecule has 1 N–H and O–H groups in total. The van der Waals surface area contributed by atoms with Gasteiger partial charge in [0, 0.05) is 6.42 Å². The largest absolute Gasteiger partial charge is 0.481 e. The second kappa shape index (κ2) is 5.96. The molecule has 0 spiro atoms. The summed E-state index contributed by atoms with van der Waals surface area (Å²) in [5.41, 5.74) is 2.76. The van der Waals surface area contributed by atoms with Crippen LogP contribution in [0.4, 0.5) is 0 Å². The van der Waals surface area contributed by atoms with Crippen molar-refractivity contribution in [1.82, 2.24) is 0 Å². The zero-order valence-corrected chi connectivity index (χ0v) is 10.3. The van der Waals surface area contributed by atoms with E-state index in [0.717, 1.165) is 11.1 Å². The van der Waals surface area contributed by atoms with Crippen molar-refractivity contribution in [2.75, 3.05) is 0 Å².